The van der Waals surface area contributed by atoms with Gasteiger partial charge in [0.05, 0.1) is 18.9 Å². The predicted octanol–water partition coefficient (Wildman–Crippen LogP) is 4.06. The van der Waals surface area contributed by atoms with E-state index in [1.807, 2.05) is 24.5 Å². The van der Waals surface area contributed by atoms with E-state index < -0.39 is 0 Å². The molecule has 0 fully saturated rings. The molecule has 0 aliphatic heterocycles. The number of aryl methyl sites for hydroxylation is 1. The third-order valence-corrected chi connectivity index (χ3v) is 4.64. The van der Waals surface area contributed by atoms with Crippen molar-refractivity contribution in [2.75, 3.05) is 12.4 Å². The Labute approximate surface area is 167 Å². The van der Waals surface area contributed by atoms with E-state index >= 15 is 0 Å². The molecule has 0 aliphatic carbocycles. The zero-order chi connectivity index (χ0) is 20.4. The molecule has 148 valence electrons. The molecule has 4 aromatic rings. The van der Waals surface area contributed by atoms with Crippen LogP contribution < -0.4 is 10.1 Å². The average molecular weight is 392 g/mol. The van der Waals surface area contributed by atoms with Gasteiger partial charge in [0.1, 0.15) is 12.3 Å². The molecule has 0 atom stereocenters. The Morgan fingerprint density at radius 1 is 1.14 bits per heavy atom. The molecule has 8 heteroatoms. The summed E-state index contributed by atoms with van der Waals surface area (Å²) in [6.45, 7) is 4.02. The third-order valence-electron chi connectivity index (χ3n) is 4.64. The number of nitrogens with one attached hydrogen (secondary N) is 1. The molecule has 1 amide bonds. The van der Waals surface area contributed by atoms with Crippen LogP contribution in [0.25, 0.3) is 23.1 Å². The van der Waals surface area contributed by atoms with E-state index in [9.17, 15) is 4.79 Å². The predicted molar refractivity (Wildman–Crippen MR) is 107 cm³/mol. The van der Waals surface area contributed by atoms with Gasteiger partial charge in [-0.05, 0) is 56.3 Å². The first-order chi connectivity index (χ1) is 14.0. The van der Waals surface area contributed by atoms with E-state index in [1.54, 1.807) is 49.8 Å². The molecule has 0 saturated carbocycles. The van der Waals surface area contributed by atoms with Crippen molar-refractivity contribution < 1.29 is 18.4 Å². The molecular weight excluding hydrogens is 372 g/mol. The van der Waals surface area contributed by atoms with Crippen LogP contribution in [0.4, 0.5) is 5.69 Å². The second-order valence-electron chi connectivity index (χ2n) is 6.54. The summed E-state index contributed by atoms with van der Waals surface area (Å²) in [6.07, 6.45) is 1.55. The molecule has 0 radical (unpaired) electrons. The number of nitrogens with zero attached hydrogens (tertiary/aromatic N) is 3. The summed E-state index contributed by atoms with van der Waals surface area (Å²) >= 11 is 0. The van der Waals surface area contributed by atoms with E-state index in [0.29, 0.717) is 23.2 Å². The normalized spacial score (nSPS) is 10.9. The molecule has 0 aliphatic rings. The van der Waals surface area contributed by atoms with Gasteiger partial charge in [0.15, 0.2) is 5.76 Å². The van der Waals surface area contributed by atoms with Crippen LogP contribution in [-0.4, -0.2) is 27.8 Å². The van der Waals surface area contributed by atoms with E-state index in [2.05, 4.69) is 15.5 Å². The lowest BCUT2D eigenvalue weighted by Crippen LogP contribution is -2.20. The van der Waals surface area contributed by atoms with Gasteiger partial charge in [0.2, 0.25) is 11.8 Å². The van der Waals surface area contributed by atoms with Crippen molar-refractivity contribution in [3.63, 3.8) is 0 Å². The first-order valence-electron chi connectivity index (χ1n) is 9.03. The summed E-state index contributed by atoms with van der Waals surface area (Å²) in [7, 11) is 1.60. The largest absolute Gasteiger partial charge is 0.497 e. The van der Waals surface area contributed by atoms with Gasteiger partial charge in [-0.15, -0.1) is 10.2 Å². The number of amides is 1. The van der Waals surface area contributed by atoms with E-state index in [4.69, 9.17) is 13.6 Å². The van der Waals surface area contributed by atoms with Gasteiger partial charge in [-0.2, -0.15) is 0 Å². The van der Waals surface area contributed by atoms with Crippen LogP contribution in [0.15, 0.2) is 57.6 Å². The molecule has 8 nitrogen and oxygen atoms in total. The Balaban J connectivity index is 1.51. The van der Waals surface area contributed by atoms with Crippen molar-refractivity contribution in [3.8, 4) is 28.9 Å². The lowest BCUT2D eigenvalue weighted by atomic mass is 10.2. The number of ether oxygens (including phenoxy) is 1. The molecule has 29 heavy (non-hydrogen) atoms. The lowest BCUT2D eigenvalue weighted by Gasteiger charge is -2.10. The second kappa shape index (κ2) is 7.67. The smallest absolute Gasteiger partial charge is 0.283 e. The SMILES string of the molecule is COc1ccc(NC(=O)Cn2c(C)cc(-c3nnc(-c4ccco4)o3)c2C)cc1. The Morgan fingerprint density at radius 2 is 1.90 bits per heavy atom. The molecule has 4 rings (SSSR count). The number of aromatic nitrogens is 3. The number of hydrogen-bond donors (Lipinski definition) is 1. The average Bonchev–Trinajstić information content (AvgIpc) is 3.45. The number of methoxy groups -OCH3 is 1. The fourth-order valence-electron chi connectivity index (χ4n) is 3.11. The van der Waals surface area contributed by atoms with Gasteiger partial charge in [0, 0.05) is 17.1 Å². The van der Waals surface area contributed by atoms with Crippen LogP contribution in [0, 0.1) is 13.8 Å². The fraction of sp³-hybridized carbons (Fsp3) is 0.190. The summed E-state index contributed by atoms with van der Waals surface area (Å²) < 4.78 is 18.1. The molecule has 0 bridgehead atoms. The van der Waals surface area contributed by atoms with Crippen LogP contribution in [0.1, 0.15) is 11.4 Å². The highest BCUT2D eigenvalue weighted by Crippen LogP contribution is 2.29. The van der Waals surface area contributed by atoms with Gasteiger partial charge in [0.25, 0.3) is 5.89 Å². The van der Waals surface area contributed by atoms with Crippen molar-refractivity contribution in [2.24, 2.45) is 0 Å². The highest BCUT2D eigenvalue weighted by Gasteiger charge is 2.19. The molecule has 0 spiro atoms. The number of carbonyl (C=O) groups is 1. The molecule has 3 aromatic heterocycles. The number of rotatable bonds is 6. The maximum absolute atomic E-state index is 12.5. The van der Waals surface area contributed by atoms with Crippen molar-refractivity contribution in [3.05, 3.63) is 60.1 Å². The Hall–Kier alpha value is -3.81. The Morgan fingerprint density at radius 3 is 2.59 bits per heavy atom. The van der Waals surface area contributed by atoms with Crippen molar-refractivity contribution in [2.45, 2.75) is 20.4 Å². The second-order valence-corrected chi connectivity index (χ2v) is 6.54. The number of carbonyl (C=O) groups excluding carboxylic acids is 1. The van der Waals surface area contributed by atoms with E-state index in [0.717, 1.165) is 22.7 Å². The highest BCUT2D eigenvalue weighted by atomic mass is 16.5. The van der Waals surface area contributed by atoms with Crippen LogP contribution in [0.2, 0.25) is 0 Å². The zero-order valence-corrected chi connectivity index (χ0v) is 16.3. The van der Waals surface area contributed by atoms with Crippen LogP contribution in [-0.2, 0) is 11.3 Å². The molecule has 0 unspecified atom stereocenters. The molecule has 1 N–H and O–H groups in total. The van der Waals surface area contributed by atoms with E-state index in [-0.39, 0.29) is 12.5 Å². The number of anilines is 1. The lowest BCUT2D eigenvalue weighted by molar-refractivity contribution is -0.116. The van der Waals surface area contributed by atoms with Crippen LogP contribution in [0.3, 0.4) is 0 Å². The summed E-state index contributed by atoms with van der Waals surface area (Å²) in [5.41, 5.74) is 3.27. The maximum Gasteiger partial charge on any atom is 0.283 e. The fourth-order valence-corrected chi connectivity index (χ4v) is 3.11. The van der Waals surface area contributed by atoms with Crippen molar-refractivity contribution in [1.29, 1.82) is 0 Å². The first-order valence-corrected chi connectivity index (χ1v) is 9.03. The number of hydrogen-bond acceptors (Lipinski definition) is 6. The third kappa shape index (κ3) is 3.77. The first kappa shape index (κ1) is 18.5. The standard InChI is InChI=1S/C21H20N4O4/c1-13-11-17(20-23-24-21(29-20)18-5-4-10-28-18)14(2)25(13)12-19(26)22-15-6-8-16(27-3)9-7-15/h4-11H,12H2,1-3H3,(H,22,26). The Bertz CT molecular complexity index is 1120. The minimum atomic E-state index is -0.134. The van der Waals surface area contributed by atoms with Gasteiger partial charge >= 0.3 is 0 Å². The van der Waals surface area contributed by atoms with Gasteiger partial charge in [-0.25, -0.2) is 0 Å². The topological polar surface area (TPSA) is 95.3 Å². The minimum Gasteiger partial charge on any atom is -0.497 e. The Kier molecular flexibility index (Phi) is 4.90. The van der Waals surface area contributed by atoms with Crippen molar-refractivity contribution >= 4 is 11.6 Å². The maximum atomic E-state index is 12.5. The summed E-state index contributed by atoms with van der Waals surface area (Å²) in [6, 6.07) is 12.6. The number of benzene rings is 1. The minimum absolute atomic E-state index is 0.134. The highest BCUT2D eigenvalue weighted by molar-refractivity contribution is 5.90. The monoisotopic (exact) mass is 392 g/mol. The molecular formula is C21H20N4O4. The van der Waals surface area contributed by atoms with Crippen LogP contribution >= 0.6 is 0 Å². The molecule has 0 saturated heterocycles. The zero-order valence-electron chi connectivity index (χ0n) is 16.3. The van der Waals surface area contributed by atoms with E-state index in [1.165, 1.54) is 0 Å². The molecule has 3 heterocycles. The summed E-state index contributed by atoms with van der Waals surface area (Å²) in [5.74, 6) is 1.80. The van der Waals surface area contributed by atoms with Crippen molar-refractivity contribution in [1.82, 2.24) is 14.8 Å². The number of furan rings is 1. The summed E-state index contributed by atoms with van der Waals surface area (Å²) in [5, 5.41) is 11.0. The van der Waals surface area contributed by atoms with Crippen LogP contribution in [0.5, 0.6) is 5.75 Å². The summed E-state index contributed by atoms with van der Waals surface area (Å²) in [4.78, 5) is 12.5. The van der Waals surface area contributed by atoms with Gasteiger partial charge < -0.3 is 23.5 Å². The quantitative estimate of drug-likeness (QED) is 0.532. The molecule has 1 aromatic carbocycles. The van der Waals surface area contributed by atoms with Gasteiger partial charge in [-0.1, -0.05) is 0 Å². The van der Waals surface area contributed by atoms with Gasteiger partial charge in [-0.3, -0.25) is 4.79 Å².